The quantitative estimate of drug-likeness (QED) is 0.233. The Morgan fingerprint density at radius 2 is 1.83 bits per heavy atom. The predicted molar refractivity (Wildman–Crippen MR) is 72.2 cm³/mol. The minimum absolute atomic E-state index is 0.137. The van der Waals surface area contributed by atoms with Gasteiger partial charge >= 0.3 is 0 Å². The molecule has 0 saturated heterocycles. The van der Waals surface area contributed by atoms with Crippen LogP contribution in [0.25, 0.3) is 0 Å². The van der Waals surface area contributed by atoms with Crippen LogP contribution in [-0.4, -0.2) is 56.9 Å². The molecule has 3 atom stereocenters. The first kappa shape index (κ1) is 21.3. The maximum absolute atomic E-state index is 11.7. The van der Waals surface area contributed by atoms with Gasteiger partial charge in [-0.1, -0.05) is 10.8 Å². The number of amides is 2. The van der Waals surface area contributed by atoms with E-state index in [1.807, 2.05) is 5.32 Å². The van der Waals surface area contributed by atoms with Crippen LogP contribution in [0, 0.1) is 0 Å². The average molecular weight is 369 g/mol. The number of hydrogen-bond acceptors (Lipinski definition) is 9. The van der Waals surface area contributed by atoms with Crippen molar-refractivity contribution in [1.29, 1.82) is 0 Å². The molecule has 11 nitrogen and oxygen atoms in total. The first-order valence-corrected chi connectivity index (χ1v) is 8.74. The summed E-state index contributed by atoms with van der Waals surface area (Å²) in [6, 6.07) is -2.43. The Labute approximate surface area is 137 Å². The smallest absolute Gasteiger partial charge is 0.243 e. The lowest BCUT2D eigenvalue weighted by molar-refractivity contribution is -0.438. The Hall–Kier alpha value is -1.70. The van der Waals surface area contributed by atoms with Crippen molar-refractivity contribution < 1.29 is 43.9 Å². The highest BCUT2D eigenvalue weighted by Gasteiger charge is 2.21. The van der Waals surface area contributed by atoms with E-state index in [0.717, 1.165) is 0 Å². The summed E-state index contributed by atoms with van der Waals surface area (Å²) in [5.74, 6) is -4.97. The molecule has 0 aliphatic heterocycles. The second kappa shape index (κ2) is 10.9. The van der Waals surface area contributed by atoms with Gasteiger partial charge in [-0.2, -0.15) is 0 Å². The fraction of sp³-hybridized carbons (Fsp3) is 0.600. The van der Waals surface area contributed by atoms with Gasteiger partial charge in [0.05, 0.1) is 18.5 Å². The van der Waals surface area contributed by atoms with E-state index in [2.05, 4.69) is 11.1 Å². The largest absolute Gasteiger partial charge is 0.764 e. The summed E-state index contributed by atoms with van der Waals surface area (Å²) in [6.45, 7) is -0.804. The molecule has 13 heteroatoms. The Kier molecular flexibility index (Phi) is 10.1. The van der Waals surface area contributed by atoms with E-state index >= 15 is 0 Å². The molecule has 0 saturated carbocycles. The van der Waals surface area contributed by atoms with Crippen molar-refractivity contribution in [2.24, 2.45) is 0 Å². The Bertz CT molecular complexity index is 487. The predicted octanol–water partition coefficient (Wildman–Crippen LogP) is -5.99. The van der Waals surface area contributed by atoms with Crippen molar-refractivity contribution in [3.05, 3.63) is 0 Å². The van der Waals surface area contributed by atoms with E-state index in [1.165, 1.54) is 0 Å². The maximum Gasteiger partial charge on any atom is 0.243 e. The Balaban J connectivity index is 4.57. The van der Waals surface area contributed by atoms with Crippen LogP contribution in [0.5, 0.6) is 0 Å². The maximum atomic E-state index is 11.7. The zero-order chi connectivity index (χ0) is 18.0. The summed E-state index contributed by atoms with van der Waals surface area (Å²) >= 11 is 0. The van der Waals surface area contributed by atoms with Crippen molar-refractivity contribution in [2.75, 3.05) is 12.3 Å². The summed E-state index contributed by atoms with van der Waals surface area (Å²) < 4.78 is 21.0. The van der Waals surface area contributed by atoms with Crippen LogP contribution in [-0.2, 0) is 29.3 Å². The fourth-order valence-corrected chi connectivity index (χ4v) is 2.50. The minimum atomic E-state index is -2.54. The molecule has 0 aromatic carbocycles. The van der Waals surface area contributed by atoms with Crippen LogP contribution < -0.4 is 26.6 Å². The Morgan fingerprint density at radius 1 is 1.22 bits per heavy atom. The number of nitrogens with one attached hydrogen (secondary N) is 2. The average Bonchev–Trinajstić information content (AvgIpc) is 2.45. The van der Waals surface area contributed by atoms with Crippen LogP contribution in [0.1, 0.15) is 12.8 Å². The Morgan fingerprint density at radius 3 is 2.30 bits per heavy atom. The minimum Gasteiger partial charge on any atom is -0.764 e. The molecule has 0 aliphatic carbocycles. The molecule has 0 aliphatic rings. The number of carboxylic acids is 2. The first-order valence-electron chi connectivity index (χ1n) is 6.16. The molecular weight excluding hydrogens is 354 g/mol. The van der Waals surface area contributed by atoms with E-state index in [0.29, 0.717) is 10.8 Å². The van der Waals surface area contributed by atoms with Gasteiger partial charge in [0.1, 0.15) is 12.1 Å². The van der Waals surface area contributed by atoms with Gasteiger partial charge < -0.3 is 40.7 Å². The van der Waals surface area contributed by atoms with Gasteiger partial charge in [0, 0.05) is 28.7 Å². The summed E-state index contributed by atoms with van der Waals surface area (Å²) in [5, 5.41) is 24.9. The van der Waals surface area contributed by atoms with Crippen molar-refractivity contribution in [3.63, 3.8) is 0 Å². The third kappa shape index (κ3) is 10.6. The van der Waals surface area contributed by atoms with Gasteiger partial charge in [0.2, 0.25) is 11.8 Å². The molecular formula is C10H15N3O8S2-2. The van der Waals surface area contributed by atoms with Gasteiger partial charge in [-0.25, -0.2) is 0 Å². The molecule has 0 aromatic rings. The van der Waals surface area contributed by atoms with Crippen LogP contribution in [0.2, 0.25) is 0 Å². The third-order valence-electron chi connectivity index (χ3n) is 2.44. The van der Waals surface area contributed by atoms with Crippen LogP contribution in [0.3, 0.4) is 0 Å². The van der Waals surface area contributed by atoms with Gasteiger partial charge in [0.25, 0.3) is 0 Å². The molecule has 23 heavy (non-hydrogen) atoms. The summed E-state index contributed by atoms with van der Waals surface area (Å²) in [4.78, 5) is 44.1. The topological polar surface area (TPSA) is 206 Å². The normalized spacial score (nSPS) is 14.3. The molecule has 0 rings (SSSR count). The molecule has 0 heterocycles. The van der Waals surface area contributed by atoms with E-state index < -0.39 is 52.5 Å². The van der Waals surface area contributed by atoms with Crippen LogP contribution >= 0.6 is 10.8 Å². The molecule has 0 spiro atoms. The highest BCUT2D eigenvalue weighted by Crippen LogP contribution is 2.07. The van der Waals surface area contributed by atoms with Gasteiger partial charge in [-0.15, -0.1) is 0 Å². The number of quaternary nitrogens is 1. The summed E-state index contributed by atoms with van der Waals surface area (Å²) in [7, 11) is -2.20. The van der Waals surface area contributed by atoms with Gasteiger partial charge in [0.15, 0.2) is 0 Å². The molecule has 0 fully saturated rings. The second-order valence-corrected chi connectivity index (χ2v) is 6.75. The lowest BCUT2D eigenvalue weighted by Crippen LogP contribution is -2.68. The molecule has 2 amide bonds. The lowest BCUT2D eigenvalue weighted by atomic mass is 10.1. The van der Waals surface area contributed by atoms with Crippen molar-refractivity contribution >= 4 is 44.7 Å². The number of carbonyl (C=O) groups is 4. The lowest BCUT2D eigenvalue weighted by Gasteiger charge is -2.19. The molecule has 0 bridgehead atoms. The number of hydrogen-bond donors (Lipinski definition) is 3. The number of aliphatic carboxylic acids is 2. The highest BCUT2D eigenvalue weighted by molar-refractivity contribution is 8.67. The summed E-state index contributed by atoms with van der Waals surface area (Å²) in [5.41, 5.74) is 3.25. The SMILES string of the molecule is [NH3+][C@@H](CCC(=O)N[C@@H](CSS(=O)[O-])C(=O)NCC(=O)[O-])C(=O)[O-]. The van der Waals surface area contributed by atoms with E-state index in [4.69, 9.17) is 0 Å². The number of rotatable bonds is 11. The number of carboxylic acid groups (broad SMARTS) is 2. The number of carbonyl (C=O) groups excluding carboxylic acids is 4. The molecule has 132 valence electrons. The van der Waals surface area contributed by atoms with Crippen molar-refractivity contribution in [2.45, 2.75) is 24.9 Å². The van der Waals surface area contributed by atoms with E-state index in [1.54, 1.807) is 0 Å². The standard InChI is InChI=1S/C10H17N3O8S2/c11-5(10(18)19)1-2-7(14)13-6(4-22-23(20)21)9(17)12-3-8(15)16/h5-6H,1-4,11H2,(H,12,17)(H,13,14)(H,15,16)(H,18,19)(H,20,21)/p-2/t5-,6-/m0/s1. The van der Waals surface area contributed by atoms with Crippen LogP contribution in [0.15, 0.2) is 0 Å². The van der Waals surface area contributed by atoms with Crippen molar-refractivity contribution in [1.82, 2.24) is 10.6 Å². The fourth-order valence-electron chi connectivity index (χ4n) is 1.28. The molecule has 1 unspecified atom stereocenters. The first-order chi connectivity index (χ1) is 10.6. The molecule has 5 N–H and O–H groups in total. The molecule has 0 radical (unpaired) electrons. The third-order valence-corrected chi connectivity index (χ3v) is 4.09. The van der Waals surface area contributed by atoms with Crippen molar-refractivity contribution in [3.8, 4) is 0 Å². The highest BCUT2D eigenvalue weighted by atomic mass is 33.1. The summed E-state index contributed by atoms with van der Waals surface area (Å²) in [6.07, 6.45) is -0.417. The zero-order valence-electron chi connectivity index (χ0n) is 11.8. The van der Waals surface area contributed by atoms with E-state index in [-0.39, 0.29) is 18.6 Å². The van der Waals surface area contributed by atoms with Gasteiger partial charge in [-0.05, 0) is 0 Å². The van der Waals surface area contributed by atoms with E-state index in [9.17, 15) is 38.2 Å². The van der Waals surface area contributed by atoms with Gasteiger partial charge in [-0.3, -0.25) is 13.8 Å². The van der Waals surface area contributed by atoms with Crippen LogP contribution in [0.4, 0.5) is 0 Å². The molecule has 0 aromatic heterocycles. The monoisotopic (exact) mass is 369 g/mol. The zero-order valence-corrected chi connectivity index (χ0v) is 13.4. The second-order valence-electron chi connectivity index (χ2n) is 4.25.